The van der Waals surface area contributed by atoms with Crippen LogP contribution in [0.3, 0.4) is 0 Å². The molecule has 8 nitrogen and oxygen atoms in total. The summed E-state index contributed by atoms with van der Waals surface area (Å²) >= 11 is 6.28. The SMILES string of the molecule is CC(=O)c1cc(C)c(NC(=O)c2cc(C)nn2-c2ncccc2Cl)c(C(=O)NC(C)C2CC2)c1. The maximum absolute atomic E-state index is 13.4. The molecule has 0 aliphatic heterocycles. The summed E-state index contributed by atoms with van der Waals surface area (Å²) < 4.78 is 1.38. The van der Waals surface area contributed by atoms with Gasteiger partial charge in [0.15, 0.2) is 11.6 Å². The van der Waals surface area contributed by atoms with Gasteiger partial charge in [-0.15, -0.1) is 0 Å². The fourth-order valence-corrected chi connectivity index (χ4v) is 4.07. The van der Waals surface area contributed by atoms with Gasteiger partial charge in [0.2, 0.25) is 0 Å². The number of Topliss-reactive ketones (excluding diaryl/α,β-unsaturated/α-hetero) is 1. The third-order valence-corrected chi connectivity index (χ3v) is 6.21. The zero-order chi connectivity index (χ0) is 24.6. The number of anilines is 1. The average Bonchev–Trinajstić information content (AvgIpc) is 3.57. The van der Waals surface area contributed by atoms with Gasteiger partial charge >= 0.3 is 0 Å². The summed E-state index contributed by atoms with van der Waals surface area (Å²) in [6, 6.07) is 8.17. The summed E-state index contributed by atoms with van der Waals surface area (Å²) in [5.41, 5.74) is 2.40. The molecule has 0 spiro atoms. The number of aromatic nitrogens is 3. The quantitative estimate of drug-likeness (QED) is 0.484. The second-order valence-electron chi connectivity index (χ2n) is 8.72. The van der Waals surface area contributed by atoms with Crippen LogP contribution in [0, 0.1) is 19.8 Å². The number of aryl methyl sites for hydroxylation is 2. The Bertz CT molecular complexity index is 1300. The highest BCUT2D eigenvalue weighted by molar-refractivity contribution is 6.32. The van der Waals surface area contributed by atoms with E-state index < -0.39 is 5.91 Å². The van der Waals surface area contributed by atoms with E-state index in [4.69, 9.17) is 11.6 Å². The van der Waals surface area contributed by atoms with E-state index in [0.29, 0.717) is 39.3 Å². The standard InChI is InChI=1S/C25H26ClN5O3/c1-13-10-18(16(4)32)12-19(24(33)28-15(3)17-7-8-17)22(13)29-25(34)21-11-14(2)30-31(21)23-20(26)6-5-9-27-23/h5-6,9-12,15,17H,7-8H2,1-4H3,(H,28,33)(H,29,34). The van der Waals surface area contributed by atoms with Gasteiger partial charge in [0.05, 0.1) is 22.0 Å². The first-order chi connectivity index (χ1) is 16.2. The Morgan fingerprint density at radius 3 is 2.53 bits per heavy atom. The minimum Gasteiger partial charge on any atom is -0.349 e. The lowest BCUT2D eigenvalue weighted by molar-refractivity contribution is 0.0936. The van der Waals surface area contributed by atoms with Crippen LogP contribution < -0.4 is 10.6 Å². The van der Waals surface area contributed by atoms with Crippen LogP contribution in [0.5, 0.6) is 0 Å². The number of hydrogen-bond donors (Lipinski definition) is 2. The van der Waals surface area contributed by atoms with E-state index in [2.05, 4.69) is 20.7 Å². The van der Waals surface area contributed by atoms with E-state index in [1.807, 2.05) is 6.92 Å². The molecular weight excluding hydrogens is 454 g/mol. The van der Waals surface area contributed by atoms with Gasteiger partial charge in [0, 0.05) is 17.8 Å². The second kappa shape index (κ2) is 9.38. The van der Waals surface area contributed by atoms with Gasteiger partial charge in [-0.2, -0.15) is 5.10 Å². The van der Waals surface area contributed by atoms with E-state index in [1.54, 1.807) is 44.3 Å². The van der Waals surface area contributed by atoms with Gasteiger partial charge in [-0.25, -0.2) is 9.67 Å². The molecule has 2 heterocycles. The van der Waals surface area contributed by atoms with Crippen molar-refractivity contribution >= 4 is 34.9 Å². The largest absolute Gasteiger partial charge is 0.349 e. The zero-order valence-electron chi connectivity index (χ0n) is 19.5. The van der Waals surface area contributed by atoms with Gasteiger partial charge in [-0.3, -0.25) is 14.4 Å². The van der Waals surface area contributed by atoms with Crippen molar-refractivity contribution in [2.45, 2.75) is 46.6 Å². The molecule has 0 bridgehead atoms. The molecule has 0 saturated heterocycles. The fraction of sp³-hybridized carbons (Fsp3) is 0.320. The lowest BCUT2D eigenvalue weighted by Gasteiger charge is -2.18. The molecule has 2 N–H and O–H groups in total. The van der Waals surface area contributed by atoms with E-state index >= 15 is 0 Å². The number of carbonyl (C=O) groups is 3. The minimum absolute atomic E-state index is 0.00715. The van der Waals surface area contributed by atoms with Crippen LogP contribution in [0.15, 0.2) is 36.5 Å². The first-order valence-electron chi connectivity index (χ1n) is 11.1. The van der Waals surface area contributed by atoms with Crippen LogP contribution in [0.2, 0.25) is 5.02 Å². The molecule has 1 atom stereocenters. The van der Waals surface area contributed by atoms with Crippen LogP contribution in [0.1, 0.15) is 69.2 Å². The summed E-state index contributed by atoms with van der Waals surface area (Å²) in [6.07, 6.45) is 3.72. The highest BCUT2D eigenvalue weighted by Gasteiger charge is 2.30. The molecule has 9 heteroatoms. The number of ketones is 1. The highest BCUT2D eigenvalue weighted by atomic mass is 35.5. The molecule has 176 valence electrons. The number of nitrogens with zero attached hydrogens (tertiary/aromatic N) is 3. The van der Waals surface area contributed by atoms with E-state index in [9.17, 15) is 14.4 Å². The van der Waals surface area contributed by atoms with Gasteiger partial charge in [-0.1, -0.05) is 11.6 Å². The lowest BCUT2D eigenvalue weighted by atomic mass is 10.00. The van der Waals surface area contributed by atoms with E-state index in [-0.39, 0.29) is 29.0 Å². The smallest absolute Gasteiger partial charge is 0.274 e. The predicted molar refractivity (Wildman–Crippen MR) is 130 cm³/mol. The number of pyridine rings is 1. The Balaban J connectivity index is 1.71. The highest BCUT2D eigenvalue weighted by Crippen LogP contribution is 2.33. The molecule has 1 unspecified atom stereocenters. The number of nitrogens with one attached hydrogen (secondary N) is 2. The zero-order valence-corrected chi connectivity index (χ0v) is 20.2. The van der Waals surface area contributed by atoms with Crippen molar-refractivity contribution in [1.82, 2.24) is 20.1 Å². The maximum Gasteiger partial charge on any atom is 0.274 e. The van der Waals surface area contributed by atoms with Crippen LogP contribution in [0.4, 0.5) is 5.69 Å². The van der Waals surface area contributed by atoms with Crippen molar-refractivity contribution < 1.29 is 14.4 Å². The lowest BCUT2D eigenvalue weighted by Crippen LogP contribution is -2.35. The van der Waals surface area contributed by atoms with Crippen LogP contribution in [-0.4, -0.2) is 38.4 Å². The molecular formula is C25H26ClN5O3. The molecule has 1 fully saturated rings. The van der Waals surface area contributed by atoms with E-state index in [1.165, 1.54) is 17.7 Å². The summed E-state index contributed by atoms with van der Waals surface area (Å²) in [4.78, 5) is 42.9. The number of halogens is 1. The third-order valence-electron chi connectivity index (χ3n) is 5.92. The van der Waals surface area contributed by atoms with Gasteiger partial charge in [0.1, 0.15) is 5.69 Å². The molecule has 1 aliphatic carbocycles. The van der Waals surface area contributed by atoms with Crippen molar-refractivity contribution in [3.63, 3.8) is 0 Å². The van der Waals surface area contributed by atoms with E-state index in [0.717, 1.165) is 12.8 Å². The Labute approximate surface area is 202 Å². The number of rotatable bonds is 7. The number of carbonyl (C=O) groups excluding carboxylic acids is 3. The summed E-state index contributed by atoms with van der Waals surface area (Å²) in [7, 11) is 0. The van der Waals surface area contributed by atoms with Gasteiger partial charge in [-0.05, 0) is 82.3 Å². The molecule has 1 saturated carbocycles. The summed E-state index contributed by atoms with van der Waals surface area (Å²) in [5, 5.41) is 10.6. The molecule has 1 aromatic carbocycles. The van der Waals surface area contributed by atoms with Crippen LogP contribution >= 0.6 is 11.6 Å². The summed E-state index contributed by atoms with van der Waals surface area (Å²) in [6.45, 7) is 6.92. The fourth-order valence-electron chi connectivity index (χ4n) is 3.87. The van der Waals surface area contributed by atoms with Gasteiger partial charge < -0.3 is 10.6 Å². The molecule has 2 amide bonds. The monoisotopic (exact) mass is 479 g/mol. The number of amides is 2. The molecule has 4 rings (SSSR count). The molecule has 2 aromatic heterocycles. The first-order valence-corrected chi connectivity index (χ1v) is 11.5. The Hall–Kier alpha value is -3.52. The molecule has 1 aliphatic rings. The summed E-state index contributed by atoms with van der Waals surface area (Å²) in [5.74, 6) is -0.200. The normalized spacial score (nSPS) is 13.9. The average molecular weight is 480 g/mol. The van der Waals surface area contributed by atoms with Crippen molar-refractivity contribution in [2.75, 3.05) is 5.32 Å². The Morgan fingerprint density at radius 2 is 1.88 bits per heavy atom. The Morgan fingerprint density at radius 1 is 1.15 bits per heavy atom. The van der Waals surface area contributed by atoms with Crippen LogP contribution in [0.25, 0.3) is 5.82 Å². The van der Waals surface area contributed by atoms with Crippen molar-refractivity contribution in [2.24, 2.45) is 5.92 Å². The second-order valence-corrected chi connectivity index (χ2v) is 9.12. The van der Waals surface area contributed by atoms with Crippen molar-refractivity contribution in [3.05, 3.63) is 69.6 Å². The van der Waals surface area contributed by atoms with Crippen molar-refractivity contribution in [3.8, 4) is 5.82 Å². The molecule has 34 heavy (non-hydrogen) atoms. The predicted octanol–water partition coefficient (Wildman–Crippen LogP) is 4.52. The first kappa shape index (κ1) is 23.6. The molecule has 0 radical (unpaired) electrons. The third kappa shape index (κ3) is 4.87. The Kier molecular flexibility index (Phi) is 6.52. The van der Waals surface area contributed by atoms with Gasteiger partial charge in [0.25, 0.3) is 11.8 Å². The topological polar surface area (TPSA) is 106 Å². The van der Waals surface area contributed by atoms with Crippen molar-refractivity contribution in [1.29, 1.82) is 0 Å². The number of hydrogen-bond acceptors (Lipinski definition) is 5. The van der Waals surface area contributed by atoms with Crippen LogP contribution in [-0.2, 0) is 0 Å². The minimum atomic E-state index is -0.481. The number of benzene rings is 1. The molecule has 3 aromatic rings. The maximum atomic E-state index is 13.4.